The molecule has 0 radical (unpaired) electrons. The molecule has 2 unspecified atom stereocenters. The van der Waals surface area contributed by atoms with Crippen LogP contribution in [-0.4, -0.2) is 50.3 Å². The summed E-state index contributed by atoms with van der Waals surface area (Å²) in [7, 11) is 2.25. The quantitative estimate of drug-likeness (QED) is 0.726. The van der Waals surface area contributed by atoms with Gasteiger partial charge in [0, 0.05) is 19.2 Å². The first-order valence-corrected chi connectivity index (χ1v) is 8.79. The first-order chi connectivity index (χ1) is 9.75. The van der Waals surface area contributed by atoms with E-state index in [4.69, 9.17) is 4.74 Å². The van der Waals surface area contributed by atoms with E-state index < -0.39 is 0 Å². The standard InChI is InChI=1S/C17H34N2O/c1-15(16-8-6-12-19(2)14-16)18-11-7-13-20-17-9-4-3-5-10-17/h15-18H,3-14H2,1-2H3. The summed E-state index contributed by atoms with van der Waals surface area (Å²) in [6, 6.07) is 0.646. The summed E-state index contributed by atoms with van der Waals surface area (Å²) in [5.41, 5.74) is 0. The molecule has 0 aromatic rings. The van der Waals surface area contributed by atoms with Gasteiger partial charge in [-0.25, -0.2) is 0 Å². The van der Waals surface area contributed by atoms with E-state index in [1.165, 1.54) is 58.0 Å². The molecule has 1 saturated heterocycles. The molecule has 1 N–H and O–H groups in total. The molecule has 1 aliphatic carbocycles. The molecular formula is C17H34N2O. The highest BCUT2D eigenvalue weighted by Crippen LogP contribution is 2.20. The fourth-order valence-corrected chi connectivity index (χ4v) is 3.66. The third-order valence-corrected chi connectivity index (χ3v) is 5.06. The molecule has 0 bridgehead atoms. The van der Waals surface area contributed by atoms with Crippen molar-refractivity contribution in [1.29, 1.82) is 0 Å². The van der Waals surface area contributed by atoms with Gasteiger partial charge in [0.1, 0.15) is 0 Å². The zero-order valence-corrected chi connectivity index (χ0v) is 13.6. The van der Waals surface area contributed by atoms with E-state index in [-0.39, 0.29) is 0 Å². The SMILES string of the molecule is CC(NCCCOC1CCCCC1)C1CCCN(C)C1. The second kappa shape index (κ2) is 9.01. The van der Waals surface area contributed by atoms with Crippen molar-refractivity contribution in [2.45, 2.75) is 70.4 Å². The number of hydrogen-bond donors (Lipinski definition) is 1. The van der Waals surface area contributed by atoms with E-state index in [1.807, 2.05) is 0 Å². The maximum Gasteiger partial charge on any atom is 0.0575 e. The first kappa shape index (κ1) is 16.3. The van der Waals surface area contributed by atoms with E-state index in [0.717, 1.165) is 25.5 Å². The summed E-state index contributed by atoms with van der Waals surface area (Å²) in [6.45, 7) is 6.93. The second-order valence-corrected chi connectivity index (χ2v) is 6.89. The van der Waals surface area contributed by atoms with Gasteiger partial charge in [0.05, 0.1) is 6.10 Å². The van der Waals surface area contributed by atoms with Crippen molar-refractivity contribution in [1.82, 2.24) is 10.2 Å². The van der Waals surface area contributed by atoms with Gasteiger partial charge in [-0.1, -0.05) is 19.3 Å². The van der Waals surface area contributed by atoms with Crippen LogP contribution >= 0.6 is 0 Å². The molecule has 0 aromatic carbocycles. The fraction of sp³-hybridized carbons (Fsp3) is 1.00. The lowest BCUT2D eigenvalue weighted by Crippen LogP contribution is -2.43. The van der Waals surface area contributed by atoms with Crippen molar-refractivity contribution >= 4 is 0 Å². The molecular weight excluding hydrogens is 248 g/mol. The minimum Gasteiger partial charge on any atom is -0.378 e. The molecule has 118 valence electrons. The summed E-state index contributed by atoms with van der Waals surface area (Å²) in [6.07, 6.45) is 11.2. The molecule has 20 heavy (non-hydrogen) atoms. The van der Waals surface area contributed by atoms with Gasteiger partial charge in [0.25, 0.3) is 0 Å². The van der Waals surface area contributed by atoms with Gasteiger partial charge in [-0.05, 0) is 65.1 Å². The molecule has 2 atom stereocenters. The highest BCUT2D eigenvalue weighted by Gasteiger charge is 2.22. The smallest absolute Gasteiger partial charge is 0.0575 e. The third kappa shape index (κ3) is 5.71. The van der Waals surface area contributed by atoms with Crippen LogP contribution in [0.25, 0.3) is 0 Å². The Morgan fingerprint density at radius 2 is 1.95 bits per heavy atom. The molecule has 0 amide bonds. The number of nitrogens with zero attached hydrogens (tertiary/aromatic N) is 1. The summed E-state index contributed by atoms with van der Waals surface area (Å²) in [5.74, 6) is 0.827. The van der Waals surface area contributed by atoms with E-state index in [1.54, 1.807) is 0 Å². The molecule has 2 fully saturated rings. The van der Waals surface area contributed by atoms with Gasteiger partial charge < -0.3 is 15.0 Å². The number of piperidine rings is 1. The molecule has 0 spiro atoms. The van der Waals surface area contributed by atoms with Gasteiger partial charge >= 0.3 is 0 Å². The van der Waals surface area contributed by atoms with Gasteiger partial charge in [-0.2, -0.15) is 0 Å². The maximum atomic E-state index is 5.98. The number of rotatable bonds is 7. The van der Waals surface area contributed by atoms with Gasteiger partial charge in [-0.15, -0.1) is 0 Å². The number of likely N-dealkylation sites (tertiary alicyclic amines) is 1. The van der Waals surface area contributed by atoms with Crippen LogP contribution in [0.1, 0.15) is 58.3 Å². The Kier molecular flexibility index (Phi) is 7.32. The fourth-order valence-electron chi connectivity index (χ4n) is 3.66. The Labute approximate surface area is 125 Å². The van der Waals surface area contributed by atoms with Crippen LogP contribution in [0.3, 0.4) is 0 Å². The second-order valence-electron chi connectivity index (χ2n) is 6.89. The lowest BCUT2D eigenvalue weighted by molar-refractivity contribution is 0.0268. The van der Waals surface area contributed by atoms with Gasteiger partial charge in [-0.3, -0.25) is 0 Å². The number of hydrogen-bond acceptors (Lipinski definition) is 3. The lowest BCUT2D eigenvalue weighted by Gasteiger charge is -2.34. The Morgan fingerprint density at radius 3 is 2.70 bits per heavy atom. The van der Waals surface area contributed by atoms with Crippen molar-refractivity contribution in [3.05, 3.63) is 0 Å². The maximum absolute atomic E-state index is 5.98. The predicted octanol–water partition coefficient (Wildman–Crippen LogP) is 3.05. The van der Waals surface area contributed by atoms with Crippen molar-refractivity contribution in [3.63, 3.8) is 0 Å². The Bertz CT molecular complexity index is 253. The molecule has 2 rings (SSSR count). The first-order valence-electron chi connectivity index (χ1n) is 8.79. The zero-order valence-electron chi connectivity index (χ0n) is 13.6. The van der Waals surface area contributed by atoms with E-state index >= 15 is 0 Å². The Morgan fingerprint density at radius 1 is 1.15 bits per heavy atom. The highest BCUT2D eigenvalue weighted by atomic mass is 16.5. The molecule has 2 aliphatic rings. The van der Waals surface area contributed by atoms with Crippen LogP contribution < -0.4 is 5.32 Å². The number of ether oxygens (including phenoxy) is 1. The Balaban J connectivity index is 1.49. The van der Waals surface area contributed by atoms with Gasteiger partial charge in [0.2, 0.25) is 0 Å². The monoisotopic (exact) mass is 282 g/mol. The average molecular weight is 282 g/mol. The van der Waals surface area contributed by atoms with E-state index in [9.17, 15) is 0 Å². The summed E-state index contributed by atoms with van der Waals surface area (Å²) >= 11 is 0. The molecule has 3 nitrogen and oxygen atoms in total. The van der Waals surface area contributed by atoms with Crippen molar-refractivity contribution in [3.8, 4) is 0 Å². The van der Waals surface area contributed by atoms with Crippen LogP contribution in [0.5, 0.6) is 0 Å². The summed E-state index contributed by atoms with van der Waals surface area (Å²) in [4.78, 5) is 2.47. The summed E-state index contributed by atoms with van der Waals surface area (Å²) in [5, 5.41) is 3.70. The van der Waals surface area contributed by atoms with E-state index in [0.29, 0.717) is 12.1 Å². The molecule has 0 aromatic heterocycles. The van der Waals surface area contributed by atoms with Crippen molar-refractivity contribution < 1.29 is 4.74 Å². The third-order valence-electron chi connectivity index (χ3n) is 5.06. The zero-order chi connectivity index (χ0) is 14.2. The Hall–Kier alpha value is -0.120. The van der Waals surface area contributed by atoms with Crippen LogP contribution in [0.2, 0.25) is 0 Å². The van der Waals surface area contributed by atoms with Crippen molar-refractivity contribution in [2.75, 3.05) is 33.3 Å². The summed E-state index contributed by atoms with van der Waals surface area (Å²) < 4.78 is 5.98. The van der Waals surface area contributed by atoms with Gasteiger partial charge in [0.15, 0.2) is 0 Å². The topological polar surface area (TPSA) is 24.5 Å². The van der Waals surface area contributed by atoms with E-state index in [2.05, 4.69) is 24.2 Å². The largest absolute Gasteiger partial charge is 0.378 e. The lowest BCUT2D eigenvalue weighted by atomic mass is 9.92. The minimum atomic E-state index is 0.563. The van der Waals surface area contributed by atoms with Crippen LogP contribution in [-0.2, 0) is 4.74 Å². The molecule has 1 saturated carbocycles. The van der Waals surface area contributed by atoms with Crippen LogP contribution in [0, 0.1) is 5.92 Å². The predicted molar refractivity (Wildman–Crippen MR) is 85.1 cm³/mol. The average Bonchev–Trinajstić information content (AvgIpc) is 2.48. The van der Waals surface area contributed by atoms with Crippen molar-refractivity contribution in [2.24, 2.45) is 5.92 Å². The molecule has 1 aliphatic heterocycles. The van der Waals surface area contributed by atoms with Crippen LogP contribution in [0.4, 0.5) is 0 Å². The number of nitrogens with one attached hydrogen (secondary N) is 1. The molecule has 1 heterocycles. The minimum absolute atomic E-state index is 0.563. The highest BCUT2D eigenvalue weighted by molar-refractivity contribution is 4.79. The van der Waals surface area contributed by atoms with Crippen LogP contribution in [0.15, 0.2) is 0 Å². The normalized spacial score (nSPS) is 27.6. The molecule has 3 heteroatoms.